The van der Waals surface area contributed by atoms with Gasteiger partial charge in [-0.2, -0.15) is 0 Å². The van der Waals surface area contributed by atoms with Gasteiger partial charge in [0.2, 0.25) is 0 Å². The van der Waals surface area contributed by atoms with Gasteiger partial charge < -0.3 is 14.5 Å². The Morgan fingerprint density at radius 3 is 2.81 bits per heavy atom. The number of para-hydroxylation sites is 1. The molecule has 0 aliphatic heterocycles. The molecular weight excluding hydrogens is 262 g/mol. The van der Waals surface area contributed by atoms with Crippen LogP contribution in [0.4, 0.5) is 0 Å². The van der Waals surface area contributed by atoms with Crippen molar-refractivity contribution in [2.24, 2.45) is 0 Å². The van der Waals surface area contributed by atoms with Crippen molar-refractivity contribution >= 4 is 5.65 Å². The number of nitrogens with one attached hydrogen (secondary N) is 1. The minimum Gasteiger partial charge on any atom is -0.496 e. The highest BCUT2D eigenvalue weighted by molar-refractivity contribution is 5.39. The third-order valence-electron chi connectivity index (χ3n) is 3.61. The zero-order chi connectivity index (χ0) is 14.7. The summed E-state index contributed by atoms with van der Waals surface area (Å²) in [5.74, 6) is 0.910. The molecule has 0 aliphatic rings. The van der Waals surface area contributed by atoms with Gasteiger partial charge in [0.25, 0.3) is 0 Å². The molecule has 2 aromatic heterocycles. The fourth-order valence-electron chi connectivity index (χ4n) is 2.46. The summed E-state index contributed by atoms with van der Waals surface area (Å²) in [6.45, 7) is 2.86. The van der Waals surface area contributed by atoms with Crippen LogP contribution in [0.25, 0.3) is 5.65 Å². The number of rotatable bonds is 5. The monoisotopic (exact) mass is 281 g/mol. The predicted octanol–water partition coefficient (Wildman–Crippen LogP) is 3.19. The number of pyridine rings is 1. The van der Waals surface area contributed by atoms with Crippen molar-refractivity contribution in [1.29, 1.82) is 0 Å². The second kappa shape index (κ2) is 5.97. The van der Waals surface area contributed by atoms with Gasteiger partial charge in [-0.05, 0) is 25.1 Å². The van der Waals surface area contributed by atoms with Crippen molar-refractivity contribution in [3.8, 4) is 5.75 Å². The van der Waals surface area contributed by atoms with Crippen molar-refractivity contribution in [2.75, 3.05) is 7.11 Å². The first-order chi connectivity index (χ1) is 10.3. The lowest BCUT2D eigenvalue weighted by Crippen LogP contribution is -2.18. The standard InChI is InChI=1S/C17H19N3O/c1-13(15-7-3-4-8-16(15)21-2)18-11-14-12-20-10-6-5-9-17(20)19-14/h3-10,12-13,18H,11H2,1-2H3/t13-/m0/s1. The van der Waals surface area contributed by atoms with Crippen LogP contribution in [0.1, 0.15) is 24.2 Å². The highest BCUT2D eigenvalue weighted by Crippen LogP contribution is 2.24. The second-order valence-electron chi connectivity index (χ2n) is 5.04. The maximum absolute atomic E-state index is 5.41. The normalized spacial score (nSPS) is 12.5. The first kappa shape index (κ1) is 13.6. The molecule has 3 rings (SSSR count). The van der Waals surface area contributed by atoms with Gasteiger partial charge in [-0.15, -0.1) is 0 Å². The van der Waals surface area contributed by atoms with Crippen molar-refractivity contribution in [3.05, 3.63) is 66.1 Å². The first-order valence-electron chi connectivity index (χ1n) is 7.07. The first-order valence-corrected chi connectivity index (χ1v) is 7.07. The molecule has 0 saturated heterocycles. The van der Waals surface area contributed by atoms with E-state index in [4.69, 9.17) is 4.74 Å². The third-order valence-corrected chi connectivity index (χ3v) is 3.61. The van der Waals surface area contributed by atoms with Crippen molar-refractivity contribution in [2.45, 2.75) is 19.5 Å². The summed E-state index contributed by atoms with van der Waals surface area (Å²) in [4.78, 5) is 4.59. The Hall–Kier alpha value is -2.33. The maximum atomic E-state index is 5.41. The number of hydrogen-bond donors (Lipinski definition) is 1. The van der Waals surface area contributed by atoms with Gasteiger partial charge in [-0.1, -0.05) is 24.3 Å². The van der Waals surface area contributed by atoms with Crippen LogP contribution in [0.5, 0.6) is 5.75 Å². The van der Waals surface area contributed by atoms with Crippen molar-refractivity contribution in [3.63, 3.8) is 0 Å². The minimum absolute atomic E-state index is 0.200. The molecule has 3 aromatic rings. The van der Waals surface area contributed by atoms with E-state index in [0.29, 0.717) is 0 Å². The smallest absolute Gasteiger partial charge is 0.137 e. The zero-order valence-corrected chi connectivity index (χ0v) is 12.3. The van der Waals surface area contributed by atoms with E-state index >= 15 is 0 Å². The van der Waals surface area contributed by atoms with Crippen LogP contribution in [-0.2, 0) is 6.54 Å². The molecule has 2 heterocycles. The maximum Gasteiger partial charge on any atom is 0.137 e. The molecule has 0 spiro atoms. The summed E-state index contributed by atoms with van der Waals surface area (Å²) in [5.41, 5.74) is 3.16. The predicted molar refractivity (Wildman–Crippen MR) is 83.4 cm³/mol. The van der Waals surface area contributed by atoms with Crippen LogP contribution in [-0.4, -0.2) is 16.5 Å². The molecule has 0 saturated carbocycles. The Balaban J connectivity index is 1.72. The molecule has 0 radical (unpaired) electrons. The van der Waals surface area contributed by atoms with E-state index in [1.807, 2.05) is 47.0 Å². The largest absolute Gasteiger partial charge is 0.496 e. The van der Waals surface area contributed by atoms with E-state index in [9.17, 15) is 0 Å². The van der Waals surface area contributed by atoms with Crippen LogP contribution in [0.3, 0.4) is 0 Å². The molecular formula is C17H19N3O. The molecule has 21 heavy (non-hydrogen) atoms. The summed E-state index contributed by atoms with van der Waals surface area (Å²) in [7, 11) is 1.70. The average Bonchev–Trinajstić information content (AvgIpc) is 2.95. The Kier molecular flexibility index (Phi) is 3.88. The van der Waals surface area contributed by atoms with Gasteiger partial charge in [0, 0.05) is 30.5 Å². The number of ether oxygens (including phenoxy) is 1. The second-order valence-corrected chi connectivity index (χ2v) is 5.04. The molecule has 0 bridgehead atoms. The SMILES string of the molecule is COc1ccccc1[C@H](C)NCc1cn2ccccc2n1. The molecule has 4 heteroatoms. The summed E-state index contributed by atoms with van der Waals surface area (Å²) >= 11 is 0. The Morgan fingerprint density at radius 1 is 1.19 bits per heavy atom. The topological polar surface area (TPSA) is 38.6 Å². The molecule has 1 atom stereocenters. The number of hydrogen-bond acceptors (Lipinski definition) is 3. The van der Waals surface area contributed by atoms with Gasteiger partial charge in [-0.3, -0.25) is 0 Å². The van der Waals surface area contributed by atoms with E-state index in [0.717, 1.165) is 29.2 Å². The van der Waals surface area contributed by atoms with Gasteiger partial charge in [0.1, 0.15) is 11.4 Å². The lowest BCUT2D eigenvalue weighted by molar-refractivity contribution is 0.401. The molecule has 4 nitrogen and oxygen atoms in total. The van der Waals surface area contributed by atoms with Gasteiger partial charge >= 0.3 is 0 Å². The fraction of sp³-hybridized carbons (Fsp3) is 0.235. The summed E-state index contributed by atoms with van der Waals surface area (Å²) in [5, 5.41) is 3.50. The molecule has 0 fully saturated rings. The number of aromatic nitrogens is 2. The average molecular weight is 281 g/mol. The van der Waals surface area contributed by atoms with Crippen molar-refractivity contribution in [1.82, 2.24) is 14.7 Å². The highest BCUT2D eigenvalue weighted by atomic mass is 16.5. The lowest BCUT2D eigenvalue weighted by atomic mass is 10.1. The third kappa shape index (κ3) is 2.90. The van der Waals surface area contributed by atoms with E-state index < -0.39 is 0 Å². The van der Waals surface area contributed by atoms with Gasteiger partial charge in [0.15, 0.2) is 0 Å². The molecule has 1 aromatic carbocycles. The van der Waals surface area contributed by atoms with Crippen LogP contribution in [0.2, 0.25) is 0 Å². The van der Waals surface area contributed by atoms with Crippen LogP contribution >= 0.6 is 0 Å². The Morgan fingerprint density at radius 2 is 2.00 bits per heavy atom. The quantitative estimate of drug-likeness (QED) is 0.780. The zero-order valence-electron chi connectivity index (χ0n) is 12.3. The molecule has 0 amide bonds. The summed E-state index contributed by atoms with van der Waals surface area (Å²) in [6.07, 6.45) is 4.06. The van der Waals surface area contributed by atoms with Crippen molar-refractivity contribution < 1.29 is 4.74 Å². The fourth-order valence-corrected chi connectivity index (χ4v) is 2.46. The highest BCUT2D eigenvalue weighted by Gasteiger charge is 2.11. The molecule has 0 aliphatic carbocycles. The number of methoxy groups -OCH3 is 1. The molecule has 108 valence electrons. The molecule has 0 unspecified atom stereocenters. The molecule has 1 N–H and O–H groups in total. The Bertz CT molecular complexity index is 702. The van der Waals surface area contributed by atoms with Gasteiger partial charge in [-0.25, -0.2) is 4.98 Å². The summed E-state index contributed by atoms with van der Waals surface area (Å²) in [6, 6.07) is 14.3. The number of imidazole rings is 1. The van der Waals surface area contributed by atoms with Crippen LogP contribution in [0, 0.1) is 0 Å². The van der Waals surface area contributed by atoms with Crippen LogP contribution < -0.4 is 10.1 Å². The van der Waals surface area contributed by atoms with E-state index in [1.54, 1.807) is 7.11 Å². The van der Waals surface area contributed by atoms with E-state index in [2.05, 4.69) is 29.5 Å². The van der Waals surface area contributed by atoms with Gasteiger partial charge in [0.05, 0.1) is 12.8 Å². The Labute approximate surface area is 124 Å². The lowest BCUT2D eigenvalue weighted by Gasteiger charge is -2.16. The minimum atomic E-state index is 0.200. The van der Waals surface area contributed by atoms with Crippen LogP contribution in [0.15, 0.2) is 54.9 Å². The number of fused-ring (bicyclic) bond motifs is 1. The summed E-state index contributed by atoms with van der Waals surface area (Å²) < 4.78 is 7.44. The van der Waals surface area contributed by atoms with E-state index in [-0.39, 0.29) is 6.04 Å². The number of nitrogens with zero attached hydrogens (tertiary/aromatic N) is 2. The number of benzene rings is 1. The van der Waals surface area contributed by atoms with E-state index in [1.165, 1.54) is 0 Å².